The number of primary amides is 1. The molecule has 0 bridgehead atoms. The Labute approximate surface area is 146 Å². The van der Waals surface area contributed by atoms with Crippen LogP contribution in [0.2, 0.25) is 10.0 Å². The molecular formula is C17H21Cl2N3O. The fourth-order valence-electron chi connectivity index (χ4n) is 2.79. The second kappa shape index (κ2) is 7.84. The lowest BCUT2D eigenvalue weighted by molar-refractivity contribution is -0.118. The molecule has 4 nitrogen and oxygen atoms in total. The van der Waals surface area contributed by atoms with Crippen molar-refractivity contribution in [3.8, 4) is 0 Å². The molecule has 0 aliphatic rings. The number of hydrogen-bond acceptors (Lipinski definition) is 2. The summed E-state index contributed by atoms with van der Waals surface area (Å²) in [6.45, 7) is 4.68. The number of halogens is 2. The Morgan fingerprint density at radius 2 is 1.83 bits per heavy atom. The summed E-state index contributed by atoms with van der Waals surface area (Å²) in [6, 6.07) is 5.57. The highest BCUT2D eigenvalue weighted by atomic mass is 35.5. The summed E-state index contributed by atoms with van der Waals surface area (Å²) in [5.74, 6) is -0.316. The van der Waals surface area contributed by atoms with Gasteiger partial charge in [0.05, 0.1) is 5.69 Å². The van der Waals surface area contributed by atoms with E-state index in [0.717, 1.165) is 36.2 Å². The van der Waals surface area contributed by atoms with Crippen molar-refractivity contribution in [2.75, 3.05) is 0 Å². The number of aromatic nitrogens is 2. The minimum absolute atomic E-state index is 0.292. The third-order valence-electron chi connectivity index (χ3n) is 3.79. The second-order valence-electron chi connectivity index (χ2n) is 5.47. The molecule has 124 valence electrons. The molecule has 2 aromatic rings. The van der Waals surface area contributed by atoms with Crippen LogP contribution in [0.25, 0.3) is 0 Å². The van der Waals surface area contributed by atoms with Crippen molar-refractivity contribution in [3.63, 3.8) is 0 Å². The minimum Gasteiger partial charge on any atom is -0.370 e. The Morgan fingerprint density at radius 1 is 1.17 bits per heavy atom. The topological polar surface area (TPSA) is 60.9 Å². The molecule has 1 amide bonds. The van der Waals surface area contributed by atoms with Crippen molar-refractivity contribution in [2.45, 2.75) is 46.1 Å². The minimum atomic E-state index is -0.316. The lowest BCUT2D eigenvalue weighted by atomic mass is 10.0. The van der Waals surface area contributed by atoms with Crippen molar-refractivity contribution in [1.82, 2.24) is 9.78 Å². The summed E-state index contributed by atoms with van der Waals surface area (Å²) >= 11 is 12.2. The summed E-state index contributed by atoms with van der Waals surface area (Å²) in [7, 11) is 0. The maximum Gasteiger partial charge on any atom is 0.219 e. The third kappa shape index (κ3) is 4.49. The second-order valence-corrected chi connectivity index (χ2v) is 6.35. The molecule has 1 heterocycles. The molecule has 0 radical (unpaired) electrons. The quantitative estimate of drug-likeness (QED) is 0.823. The molecule has 0 aliphatic heterocycles. The lowest BCUT2D eigenvalue weighted by Crippen LogP contribution is -2.16. The SMILES string of the molecule is CCc1nn(CCC(N)=O)c(CC)c1Cc1cc(Cl)cc(Cl)c1. The van der Waals surface area contributed by atoms with E-state index >= 15 is 0 Å². The van der Waals surface area contributed by atoms with Crippen molar-refractivity contribution < 1.29 is 4.79 Å². The van der Waals surface area contributed by atoms with Crippen LogP contribution in [0.4, 0.5) is 0 Å². The standard InChI is InChI=1S/C17H21Cl2N3O/c1-3-15-14(9-11-7-12(18)10-13(19)8-11)16(4-2)22(21-15)6-5-17(20)23/h7-8,10H,3-6,9H2,1-2H3,(H2,20,23). The summed E-state index contributed by atoms with van der Waals surface area (Å²) in [6.07, 6.45) is 2.69. The van der Waals surface area contributed by atoms with E-state index in [0.29, 0.717) is 23.0 Å². The van der Waals surface area contributed by atoms with Crippen molar-refractivity contribution in [3.05, 3.63) is 50.8 Å². The largest absolute Gasteiger partial charge is 0.370 e. The van der Waals surface area contributed by atoms with Crippen LogP contribution in [0.3, 0.4) is 0 Å². The Hall–Kier alpha value is -1.52. The number of benzene rings is 1. The van der Waals surface area contributed by atoms with E-state index in [4.69, 9.17) is 28.9 Å². The van der Waals surface area contributed by atoms with Gasteiger partial charge in [0, 0.05) is 40.7 Å². The van der Waals surface area contributed by atoms with E-state index in [1.54, 1.807) is 6.07 Å². The number of amides is 1. The van der Waals surface area contributed by atoms with Gasteiger partial charge >= 0.3 is 0 Å². The van der Waals surface area contributed by atoms with E-state index in [1.165, 1.54) is 5.56 Å². The first-order chi connectivity index (χ1) is 10.9. The van der Waals surface area contributed by atoms with Gasteiger partial charge in [0.1, 0.15) is 0 Å². The number of hydrogen-bond donors (Lipinski definition) is 1. The number of carbonyl (C=O) groups is 1. The van der Waals surface area contributed by atoms with Gasteiger partial charge in [-0.05, 0) is 36.6 Å². The van der Waals surface area contributed by atoms with Crippen LogP contribution in [-0.4, -0.2) is 15.7 Å². The van der Waals surface area contributed by atoms with E-state index in [2.05, 4.69) is 18.9 Å². The maximum absolute atomic E-state index is 11.1. The van der Waals surface area contributed by atoms with Crippen LogP contribution in [-0.2, 0) is 30.6 Å². The number of rotatable bonds is 7. The zero-order chi connectivity index (χ0) is 17.0. The number of nitrogens with zero attached hydrogens (tertiary/aromatic N) is 2. The highest BCUT2D eigenvalue weighted by molar-refractivity contribution is 6.34. The molecule has 2 rings (SSSR count). The molecule has 0 atom stereocenters. The Bertz CT molecular complexity index is 690. The third-order valence-corrected chi connectivity index (χ3v) is 4.23. The van der Waals surface area contributed by atoms with Crippen molar-refractivity contribution >= 4 is 29.1 Å². The molecule has 1 aromatic heterocycles. The highest BCUT2D eigenvalue weighted by Crippen LogP contribution is 2.25. The number of aryl methyl sites for hydroxylation is 2. The summed E-state index contributed by atoms with van der Waals surface area (Å²) in [4.78, 5) is 11.1. The van der Waals surface area contributed by atoms with Gasteiger partial charge in [0.2, 0.25) is 5.91 Å². The Morgan fingerprint density at radius 3 is 2.35 bits per heavy atom. The first-order valence-electron chi connectivity index (χ1n) is 7.75. The molecular weight excluding hydrogens is 333 g/mol. The van der Waals surface area contributed by atoms with Crippen molar-refractivity contribution in [1.29, 1.82) is 0 Å². The molecule has 0 spiro atoms. The molecule has 0 saturated carbocycles. The van der Waals surface area contributed by atoms with E-state index in [9.17, 15) is 4.79 Å². The van der Waals surface area contributed by atoms with Gasteiger partial charge in [0.15, 0.2) is 0 Å². The molecule has 1 aromatic carbocycles. The molecule has 0 unspecified atom stereocenters. The Balaban J connectivity index is 2.37. The Kier molecular flexibility index (Phi) is 6.08. The normalized spacial score (nSPS) is 11.0. The molecule has 0 aliphatic carbocycles. The van der Waals surface area contributed by atoms with Gasteiger partial charge in [-0.25, -0.2) is 0 Å². The van der Waals surface area contributed by atoms with Crippen LogP contribution in [0.15, 0.2) is 18.2 Å². The lowest BCUT2D eigenvalue weighted by Gasteiger charge is -2.08. The molecule has 23 heavy (non-hydrogen) atoms. The van der Waals surface area contributed by atoms with Gasteiger partial charge in [-0.15, -0.1) is 0 Å². The molecule has 0 fully saturated rings. The molecule has 2 N–H and O–H groups in total. The fourth-order valence-corrected chi connectivity index (χ4v) is 3.36. The first kappa shape index (κ1) is 17.8. The van der Waals surface area contributed by atoms with Crippen molar-refractivity contribution in [2.24, 2.45) is 5.73 Å². The highest BCUT2D eigenvalue weighted by Gasteiger charge is 2.16. The van der Waals surface area contributed by atoms with Gasteiger partial charge in [-0.2, -0.15) is 5.10 Å². The van der Waals surface area contributed by atoms with Gasteiger partial charge in [-0.3, -0.25) is 9.48 Å². The van der Waals surface area contributed by atoms with Crippen LogP contribution in [0.1, 0.15) is 42.8 Å². The van der Waals surface area contributed by atoms with Gasteiger partial charge < -0.3 is 5.73 Å². The van der Waals surface area contributed by atoms with Crippen LogP contribution in [0, 0.1) is 0 Å². The average Bonchev–Trinajstić information content (AvgIpc) is 2.80. The monoisotopic (exact) mass is 353 g/mol. The van der Waals surface area contributed by atoms with Crippen LogP contribution < -0.4 is 5.73 Å². The predicted molar refractivity (Wildman–Crippen MR) is 94.1 cm³/mol. The number of carbonyl (C=O) groups excluding carboxylic acids is 1. The summed E-state index contributed by atoms with van der Waals surface area (Å²) < 4.78 is 1.91. The zero-order valence-corrected chi connectivity index (χ0v) is 14.9. The maximum atomic E-state index is 11.1. The summed E-state index contributed by atoms with van der Waals surface area (Å²) in [5, 5.41) is 5.91. The van der Waals surface area contributed by atoms with Crippen LogP contribution in [0.5, 0.6) is 0 Å². The smallest absolute Gasteiger partial charge is 0.219 e. The molecule has 0 saturated heterocycles. The van der Waals surface area contributed by atoms with Gasteiger partial charge in [-0.1, -0.05) is 37.0 Å². The molecule has 6 heteroatoms. The van der Waals surface area contributed by atoms with E-state index in [1.807, 2.05) is 16.8 Å². The summed E-state index contributed by atoms with van der Waals surface area (Å²) in [5.41, 5.74) is 9.69. The average molecular weight is 354 g/mol. The van der Waals surface area contributed by atoms with E-state index < -0.39 is 0 Å². The number of nitrogens with two attached hydrogens (primary N) is 1. The van der Waals surface area contributed by atoms with E-state index in [-0.39, 0.29) is 5.91 Å². The zero-order valence-electron chi connectivity index (χ0n) is 13.4. The first-order valence-corrected chi connectivity index (χ1v) is 8.50. The van der Waals surface area contributed by atoms with Gasteiger partial charge in [0.25, 0.3) is 0 Å². The fraction of sp³-hybridized carbons (Fsp3) is 0.412. The predicted octanol–water partition coefficient (Wildman–Crippen LogP) is 3.78. The van der Waals surface area contributed by atoms with Crippen LogP contribution >= 0.6 is 23.2 Å².